The third-order valence-electron chi connectivity index (χ3n) is 4.09. The van der Waals surface area contributed by atoms with Crippen molar-refractivity contribution in [3.05, 3.63) is 63.9 Å². The van der Waals surface area contributed by atoms with E-state index < -0.39 is 0 Å². The van der Waals surface area contributed by atoms with Gasteiger partial charge in [-0.25, -0.2) is 0 Å². The van der Waals surface area contributed by atoms with Crippen molar-refractivity contribution in [3.8, 4) is 0 Å². The van der Waals surface area contributed by atoms with Gasteiger partial charge in [0, 0.05) is 19.2 Å². The van der Waals surface area contributed by atoms with Gasteiger partial charge in [-0.1, -0.05) is 62.0 Å². The van der Waals surface area contributed by atoms with E-state index in [2.05, 4.69) is 18.8 Å². The molecule has 134 valence electrons. The van der Waals surface area contributed by atoms with E-state index in [0.29, 0.717) is 35.5 Å². The lowest BCUT2D eigenvalue weighted by atomic mass is 10.0. The van der Waals surface area contributed by atoms with Crippen molar-refractivity contribution < 1.29 is 4.79 Å². The summed E-state index contributed by atoms with van der Waals surface area (Å²) in [7, 11) is 0. The lowest BCUT2D eigenvalue weighted by molar-refractivity contribution is -0.133. The molecule has 0 aliphatic rings. The highest BCUT2D eigenvalue weighted by atomic mass is 35.5. The first kappa shape index (κ1) is 19.7. The van der Waals surface area contributed by atoms with Crippen molar-refractivity contribution in [1.29, 1.82) is 0 Å². The molecule has 0 fully saturated rings. The maximum atomic E-state index is 12.8. The molecule has 0 spiro atoms. The average Bonchev–Trinajstić information content (AvgIpc) is 2.58. The summed E-state index contributed by atoms with van der Waals surface area (Å²) in [5.41, 5.74) is 1.83. The molecule has 2 rings (SSSR count). The van der Waals surface area contributed by atoms with Crippen LogP contribution in [0, 0.1) is 5.92 Å². The Morgan fingerprint density at radius 2 is 1.96 bits per heavy atom. The first-order chi connectivity index (χ1) is 12.0. The number of halogens is 2. The Labute approximate surface area is 160 Å². The van der Waals surface area contributed by atoms with Gasteiger partial charge in [0.25, 0.3) is 0 Å². The van der Waals surface area contributed by atoms with Gasteiger partial charge in [-0.2, -0.15) is 0 Å². The molecular weight excluding hydrogens is 355 g/mol. The zero-order chi connectivity index (χ0) is 18.2. The molecule has 5 heteroatoms. The summed E-state index contributed by atoms with van der Waals surface area (Å²) >= 11 is 12.1. The average molecular weight is 379 g/mol. The van der Waals surface area contributed by atoms with Crippen LogP contribution in [0.2, 0.25) is 10.0 Å². The van der Waals surface area contributed by atoms with Crippen LogP contribution in [0.5, 0.6) is 0 Å². The molecule has 1 atom stereocenters. The molecule has 0 saturated carbocycles. The van der Waals surface area contributed by atoms with E-state index in [4.69, 9.17) is 23.2 Å². The van der Waals surface area contributed by atoms with Crippen LogP contribution in [0.4, 0.5) is 0 Å². The van der Waals surface area contributed by atoms with E-state index in [1.807, 2.05) is 35.2 Å². The molecule has 25 heavy (non-hydrogen) atoms. The first-order valence-electron chi connectivity index (χ1n) is 8.61. The van der Waals surface area contributed by atoms with Crippen LogP contribution in [0.15, 0.2) is 42.6 Å². The standard InChI is InChI=1S/C20H24Cl2N2O/c1-3-6-15(2)11-20(25)24(14-17-7-4-5-10-23-17)13-16-8-9-18(21)19(22)12-16/h4-5,7-10,12,15H,3,6,11,13-14H2,1-2H3. The van der Waals surface area contributed by atoms with Crippen LogP contribution in [0.1, 0.15) is 44.4 Å². The predicted octanol–water partition coefficient (Wildman–Crippen LogP) is 5.74. The zero-order valence-electron chi connectivity index (χ0n) is 14.7. The first-order valence-corrected chi connectivity index (χ1v) is 9.36. The van der Waals surface area contributed by atoms with Crippen LogP contribution in [0.25, 0.3) is 0 Å². The smallest absolute Gasteiger partial charge is 0.223 e. The predicted molar refractivity (Wildman–Crippen MR) is 104 cm³/mol. The summed E-state index contributed by atoms with van der Waals surface area (Å²) in [6.07, 6.45) is 4.43. The van der Waals surface area contributed by atoms with Crippen LogP contribution in [-0.2, 0) is 17.9 Å². The number of aromatic nitrogens is 1. The summed E-state index contributed by atoms with van der Waals surface area (Å²) in [5.74, 6) is 0.509. The highest BCUT2D eigenvalue weighted by Gasteiger charge is 2.18. The van der Waals surface area contributed by atoms with Crippen LogP contribution in [-0.4, -0.2) is 15.8 Å². The van der Waals surface area contributed by atoms with Crippen molar-refractivity contribution in [2.75, 3.05) is 0 Å². The summed E-state index contributed by atoms with van der Waals surface area (Å²) in [4.78, 5) is 19.0. The molecule has 3 nitrogen and oxygen atoms in total. The Morgan fingerprint density at radius 3 is 2.60 bits per heavy atom. The number of carbonyl (C=O) groups excluding carboxylic acids is 1. The number of amides is 1. The van der Waals surface area contributed by atoms with Crippen LogP contribution >= 0.6 is 23.2 Å². The normalized spacial score (nSPS) is 12.0. The highest BCUT2D eigenvalue weighted by Crippen LogP contribution is 2.24. The molecule has 2 aromatic rings. The molecule has 1 aromatic heterocycles. The van der Waals surface area contributed by atoms with Crippen molar-refractivity contribution >= 4 is 29.1 Å². The molecule has 0 aliphatic carbocycles. The summed E-state index contributed by atoms with van der Waals surface area (Å²) in [6.45, 7) is 5.24. The number of hydrogen-bond acceptors (Lipinski definition) is 2. The zero-order valence-corrected chi connectivity index (χ0v) is 16.2. The molecule has 1 unspecified atom stereocenters. The van der Waals surface area contributed by atoms with Gasteiger partial charge in [0.2, 0.25) is 5.91 Å². The summed E-state index contributed by atoms with van der Waals surface area (Å²) in [6, 6.07) is 11.2. The highest BCUT2D eigenvalue weighted by molar-refractivity contribution is 6.42. The minimum absolute atomic E-state index is 0.137. The Balaban J connectivity index is 2.15. The van der Waals surface area contributed by atoms with Crippen molar-refractivity contribution in [2.45, 2.75) is 46.2 Å². The van der Waals surface area contributed by atoms with Gasteiger partial charge in [0.05, 0.1) is 22.3 Å². The van der Waals surface area contributed by atoms with Crippen molar-refractivity contribution in [1.82, 2.24) is 9.88 Å². The maximum Gasteiger partial charge on any atom is 0.223 e. The second-order valence-corrected chi connectivity index (χ2v) is 7.23. The lowest BCUT2D eigenvalue weighted by Gasteiger charge is -2.24. The van der Waals surface area contributed by atoms with Gasteiger partial charge in [0.15, 0.2) is 0 Å². The van der Waals surface area contributed by atoms with E-state index >= 15 is 0 Å². The molecule has 1 amide bonds. The Bertz CT molecular complexity index is 691. The number of hydrogen-bond donors (Lipinski definition) is 0. The van der Waals surface area contributed by atoms with Crippen LogP contribution < -0.4 is 0 Å². The summed E-state index contributed by atoms with van der Waals surface area (Å²) in [5, 5.41) is 1.02. The van der Waals surface area contributed by atoms with Crippen LogP contribution in [0.3, 0.4) is 0 Å². The fraction of sp³-hybridized carbons (Fsp3) is 0.400. The number of pyridine rings is 1. The molecule has 0 saturated heterocycles. The SMILES string of the molecule is CCCC(C)CC(=O)N(Cc1ccc(Cl)c(Cl)c1)Cc1ccccn1. The monoisotopic (exact) mass is 378 g/mol. The minimum Gasteiger partial charge on any atom is -0.332 e. The van der Waals surface area contributed by atoms with Gasteiger partial charge in [-0.05, 0) is 35.7 Å². The quantitative estimate of drug-likeness (QED) is 0.586. The van der Waals surface area contributed by atoms with E-state index in [1.54, 1.807) is 12.3 Å². The molecule has 0 aliphatic heterocycles. The molecular formula is C20H24Cl2N2O. The van der Waals surface area contributed by atoms with Gasteiger partial charge >= 0.3 is 0 Å². The summed E-state index contributed by atoms with van der Waals surface area (Å²) < 4.78 is 0. The number of rotatable bonds is 8. The molecule has 0 N–H and O–H groups in total. The molecule has 1 heterocycles. The largest absolute Gasteiger partial charge is 0.332 e. The van der Waals surface area contributed by atoms with E-state index in [9.17, 15) is 4.79 Å². The topological polar surface area (TPSA) is 33.2 Å². The third kappa shape index (κ3) is 6.33. The van der Waals surface area contributed by atoms with E-state index in [0.717, 1.165) is 24.1 Å². The fourth-order valence-corrected chi connectivity index (χ4v) is 3.12. The molecule has 0 bridgehead atoms. The van der Waals surface area contributed by atoms with Gasteiger partial charge in [0.1, 0.15) is 0 Å². The maximum absolute atomic E-state index is 12.8. The Kier molecular flexibility index (Phi) is 7.73. The fourth-order valence-electron chi connectivity index (χ4n) is 2.80. The van der Waals surface area contributed by atoms with E-state index in [-0.39, 0.29) is 5.91 Å². The second kappa shape index (κ2) is 9.79. The number of benzene rings is 1. The van der Waals surface area contributed by atoms with E-state index in [1.165, 1.54) is 0 Å². The Morgan fingerprint density at radius 1 is 1.16 bits per heavy atom. The third-order valence-corrected chi connectivity index (χ3v) is 4.83. The Hall–Kier alpha value is -1.58. The molecule has 0 radical (unpaired) electrons. The van der Waals surface area contributed by atoms with Crippen molar-refractivity contribution in [2.24, 2.45) is 5.92 Å². The van der Waals surface area contributed by atoms with Crippen molar-refractivity contribution in [3.63, 3.8) is 0 Å². The second-order valence-electron chi connectivity index (χ2n) is 6.42. The van der Waals surface area contributed by atoms with Gasteiger partial charge < -0.3 is 4.90 Å². The molecule has 1 aromatic carbocycles. The number of nitrogens with zero attached hydrogens (tertiary/aromatic N) is 2. The number of carbonyl (C=O) groups is 1. The van der Waals surface area contributed by atoms with Gasteiger partial charge in [-0.3, -0.25) is 9.78 Å². The lowest BCUT2D eigenvalue weighted by Crippen LogP contribution is -2.31. The minimum atomic E-state index is 0.137. The van der Waals surface area contributed by atoms with Gasteiger partial charge in [-0.15, -0.1) is 0 Å².